The highest BCUT2D eigenvalue weighted by Gasteiger charge is 2.49. The lowest BCUT2D eigenvalue weighted by atomic mass is 9.62. The van der Waals surface area contributed by atoms with Crippen molar-refractivity contribution in [3.05, 3.63) is 204 Å². The van der Waals surface area contributed by atoms with Crippen LogP contribution in [0.25, 0.3) is 56.2 Å². The van der Waals surface area contributed by atoms with Crippen LogP contribution in [-0.4, -0.2) is 9.97 Å². The number of aryl methyl sites for hydroxylation is 1. The van der Waals surface area contributed by atoms with Gasteiger partial charge >= 0.3 is 0 Å². The third-order valence-electron chi connectivity index (χ3n) is 10.4. The molecule has 0 atom stereocenters. The van der Waals surface area contributed by atoms with E-state index in [0.717, 1.165) is 50.7 Å². The van der Waals surface area contributed by atoms with Crippen molar-refractivity contribution in [2.24, 2.45) is 0 Å². The topological polar surface area (TPSA) is 35.0 Å². The summed E-state index contributed by atoms with van der Waals surface area (Å²) in [7, 11) is 0. The predicted molar refractivity (Wildman–Crippen MR) is 206 cm³/mol. The summed E-state index contributed by atoms with van der Waals surface area (Å²) < 4.78 is 6.70. The Kier molecular flexibility index (Phi) is 6.62. The highest BCUT2D eigenvalue weighted by atomic mass is 16.5. The fourth-order valence-electron chi connectivity index (χ4n) is 8.20. The van der Waals surface area contributed by atoms with Crippen molar-refractivity contribution in [1.82, 2.24) is 9.97 Å². The average molecular weight is 653 g/mol. The van der Waals surface area contributed by atoms with E-state index in [1.807, 2.05) is 24.3 Å². The molecule has 0 unspecified atom stereocenters. The first-order valence-electron chi connectivity index (χ1n) is 17.4. The van der Waals surface area contributed by atoms with Crippen molar-refractivity contribution >= 4 is 0 Å². The van der Waals surface area contributed by atoms with E-state index in [0.29, 0.717) is 5.82 Å². The van der Waals surface area contributed by atoms with Gasteiger partial charge in [0.15, 0.2) is 5.82 Å². The number of para-hydroxylation sites is 2. The fourth-order valence-corrected chi connectivity index (χ4v) is 8.20. The first kappa shape index (κ1) is 29.3. The Morgan fingerprint density at radius 3 is 1.65 bits per heavy atom. The average Bonchev–Trinajstić information content (AvgIpc) is 3.30. The Hall–Kier alpha value is -6.58. The summed E-state index contributed by atoms with van der Waals surface area (Å²) in [6, 6.07) is 62.5. The van der Waals surface area contributed by atoms with Crippen LogP contribution in [0.4, 0.5) is 0 Å². The molecular formula is C48H32N2O. The molecule has 1 spiro atoms. The minimum atomic E-state index is -0.684. The second-order valence-electron chi connectivity index (χ2n) is 13.4. The van der Waals surface area contributed by atoms with Gasteiger partial charge in [0.25, 0.3) is 0 Å². The van der Waals surface area contributed by atoms with Crippen molar-refractivity contribution in [3.63, 3.8) is 0 Å². The van der Waals surface area contributed by atoms with Gasteiger partial charge in [-0.2, -0.15) is 0 Å². The van der Waals surface area contributed by atoms with Crippen LogP contribution in [0.15, 0.2) is 176 Å². The van der Waals surface area contributed by atoms with Crippen molar-refractivity contribution in [2.45, 2.75) is 12.3 Å². The van der Waals surface area contributed by atoms with Gasteiger partial charge in [-0.15, -0.1) is 0 Å². The van der Waals surface area contributed by atoms with Crippen molar-refractivity contribution < 1.29 is 4.74 Å². The van der Waals surface area contributed by atoms with E-state index >= 15 is 0 Å². The van der Waals surface area contributed by atoms with E-state index in [4.69, 9.17) is 14.7 Å². The number of nitrogens with zero attached hydrogens (tertiary/aromatic N) is 2. The molecule has 3 nitrogen and oxygen atoms in total. The molecule has 0 saturated heterocycles. The molecule has 1 aliphatic carbocycles. The molecule has 0 radical (unpaired) electrons. The summed E-state index contributed by atoms with van der Waals surface area (Å²) in [5.74, 6) is 2.43. The van der Waals surface area contributed by atoms with Crippen LogP contribution in [0.3, 0.4) is 0 Å². The van der Waals surface area contributed by atoms with Crippen molar-refractivity contribution in [1.29, 1.82) is 0 Å². The molecule has 0 fully saturated rings. The molecule has 2 aliphatic rings. The van der Waals surface area contributed by atoms with E-state index in [2.05, 4.69) is 159 Å². The van der Waals surface area contributed by atoms with Crippen LogP contribution < -0.4 is 4.74 Å². The lowest BCUT2D eigenvalue weighted by molar-refractivity contribution is 0.435. The molecule has 7 aromatic carbocycles. The molecule has 2 heterocycles. The maximum atomic E-state index is 6.70. The fraction of sp³-hybridized carbons (Fsp3) is 0.0417. The summed E-state index contributed by atoms with van der Waals surface area (Å²) in [4.78, 5) is 10.3. The summed E-state index contributed by atoms with van der Waals surface area (Å²) in [5.41, 5.74) is 14.9. The number of aromatic nitrogens is 2. The third-order valence-corrected chi connectivity index (χ3v) is 10.4. The van der Waals surface area contributed by atoms with Crippen molar-refractivity contribution in [2.75, 3.05) is 0 Å². The highest BCUT2D eigenvalue weighted by Crippen LogP contribution is 2.61. The zero-order valence-electron chi connectivity index (χ0n) is 28.0. The van der Waals surface area contributed by atoms with E-state index in [-0.39, 0.29) is 0 Å². The summed E-state index contributed by atoms with van der Waals surface area (Å²) in [6.45, 7) is 2.18. The molecule has 0 saturated carbocycles. The van der Waals surface area contributed by atoms with Gasteiger partial charge in [-0.05, 0) is 64.6 Å². The van der Waals surface area contributed by atoms with E-state index in [1.165, 1.54) is 38.9 Å². The van der Waals surface area contributed by atoms with Gasteiger partial charge in [0.2, 0.25) is 0 Å². The smallest absolute Gasteiger partial charge is 0.160 e. The van der Waals surface area contributed by atoms with Crippen molar-refractivity contribution in [3.8, 4) is 67.7 Å². The Morgan fingerprint density at radius 2 is 0.961 bits per heavy atom. The number of ether oxygens (including phenoxy) is 1. The first-order chi connectivity index (χ1) is 25.2. The SMILES string of the molecule is Cc1ccc2c(c1)-c1ccccc1-c1ccc(-c3cc(-c4ccccc4)nc(-c4ccccc4)n3)cc1C21c2ccccc2Oc2ccccc21. The molecule has 3 heteroatoms. The molecule has 1 aliphatic heterocycles. The zero-order valence-corrected chi connectivity index (χ0v) is 28.0. The summed E-state index contributed by atoms with van der Waals surface area (Å²) in [6.07, 6.45) is 0. The van der Waals surface area contributed by atoms with Gasteiger partial charge in [0.1, 0.15) is 11.5 Å². The lowest BCUT2D eigenvalue weighted by Gasteiger charge is -2.42. The zero-order chi connectivity index (χ0) is 33.9. The van der Waals surface area contributed by atoms with E-state index in [1.54, 1.807) is 0 Å². The highest BCUT2D eigenvalue weighted by molar-refractivity contribution is 5.94. The van der Waals surface area contributed by atoms with Crippen LogP contribution >= 0.6 is 0 Å². The van der Waals surface area contributed by atoms with Gasteiger partial charge in [0.05, 0.1) is 16.8 Å². The van der Waals surface area contributed by atoms with Gasteiger partial charge < -0.3 is 4.74 Å². The molecule has 0 amide bonds. The lowest BCUT2D eigenvalue weighted by Crippen LogP contribution is -2.34. The summed E-state index contributed by atoms with van der Waals surface area (Å²) in [5, 5.41) is 0. The minimum Gasteiger partial charge on any atom is -0.457 e. The molecule has 0 N–H and O–H groups in total. The van der Waals surface area contributed by atoms with E-state index < -0.39 is 5.41 Å². The van der Waals surface area contributed by atoms with Gasteiger partial charge in [-0.1, -0.05) is 157 Å². The minimum absolute atomic E-state index is 0.684. The number of benzene rings is 7. The third kappa shape index (κ3) is 4.52. The Bertz CT molecular complexity index is 2520. The Morgan fingerprint density at radius 1 is 0.392 bits per heavy atom. The van der Waals surface area contributed by atoms with Gasteiger partial charge in [-0.25, -0.2) is 9.97 Å². The maximum absolute atomic E-state index is 6.70. The van der Waals surface area contributed by atoms with Crippen LogP contribution in [0, 0.1) is 6.92 Å². The van der Waals surface area contributed by atoms with E-state index in [9.17, 15) is 0 Å². The second-order valence-corrected chi connectivity index (χ2v) is 13.4. The molecule has 8 aromatic rings. The Labute approximate surface area is 297 Å². The maximum Gasteiger partial charge on any atom is 0.160 e. The molecule has 51 heavy (non-hydrogen) atoms. The largest absolute Gasteiger partial charge is 0.457 e. The summed E-state index contributed by atoms with van der Waals surface area (Å²) >= 11 is 0. The standard InChI is InChI=1S/C48H32N2O/c1-31-24-27-39-38(28-31)36-19-9-8-18-35(36)37-26-25-34(29-42(37)48(39)40-20-10-12-22-45(40)51-46-23-13-11-21-41(46)48)44-30-43(32-14-4-2-5-15-32)49-47(50-44)33-16-6-3-7-17-33/h2-30H,1H3. The number of rotatable bonds is 3. The number of fused-ring (bicyclic) bond motifs is 11. The van der Waals surface area contributed by atoms with Gasteiger partial charge in [-0.3, -0.25) is 0 Å². The second kappa shape index (κ2) is 11.5. The van der Waals surface area contributed by atoms with Crippen LogP contribution in [0.2, 0.25) is 0 Å². The molecule has 0 bridgehead atoms. The monoisotopic (exact) mass is 652 g/mol. The molecule has 10 rings (SSSR count). The van der Waals surface area contributed by atoms with Crippen LogP contribution in [-0.2, 0) is 5.41 Å². The predicted octanol–water partition coefficient (Wildman–Crippen LogP) is 11.9. The number of hydrogen-bond acceptors (Lipinski definition) is 3. The number of hydrogen-bond donors (Lipinski definition) is 0. The first-order valence-corrected chi connectivity index (χ1v) is 17.4. The normalized spacial score (nSPS) is 13.1. The molecule has 240 valence electrons. The molecule has 1 aromatic heterocycles. The van der Waals surface area contributed by atoms with Gasteiger partial charge in [0, 0.05) is 27.8 Å². The van der Waals surface area contributed by atoms with Crippen LogP contribution in [0.1, 0.15) is 27.8 Å². The quantitative estimate of drug-likeness (QED) is 0.190. The Balaban J connectivity index is 1.33. The van der Waals surface area contributed by atoms with Crippen LogP contribution in [0.5, 0.6) is 11.5 Å². The molecular weight excluding hydrogens is 621 g/mol.